The second-order valence-corrected chi connectivity index (χ2v) is 7.90. The maximum absolute atomic E-state index is 12.9. The van der Waals surface area contributed by atoms with Gasteiger partial charge in [0.05, 0.1) is 10.1 Å². The number of hydrogen-bond donors (Lipinski definition) is 1. The lowest BCUT2D eigenvalue weighted by molar-refractivity contribution is 0.436. The molecule has 1 N–H and O–H groups in total. The molecule has 0 bridgehead atoms. The van der Waals surface area contributed by atoms with E-state index in [0.29, 0.717) is 16.3 Å². The molecule has 0 aliphatic rings. The van der Waals surface area contributed by atoms with Gasteiger partial charge in [-0.1, -0.05) is 38.8 Å². The van der Waals surface area contributed by atoms with E-state index >= 15 is 0 Å². The minimum Gasteiger partial charge on any atom is -0.313 e. The molecule has 0 aliphatic heterocycles. The first-order valence-electron chi connectivity index (χ1n) is 7.70. The topological polar surface area (TPSA) is 46.2 Å². The van der Waals surface area contributed by atoms with Crippen LogP contribution in [0.1, 0.15) is 46.5 Å². The van der Waals surface area contributed by atoms with Crippen LogP contribution in [0.25, 0.3) is 0 Å². The molecule has 0 spiro atoms. The van der Waals surface area contributed by atoms with E-state index in [1.807, 2.05) is 6.92 Å². The highest BCUT2D eigenvalue weighted by atomic mass is 35.5. The van der Waals surface area contributed by atoms with E-state index in [1.165, 1.54) is 0 Å². The first kappa shape index (κ1) is 18.5. The van der Waals surface area contributed by atoms with Gasteiger partial charge in [-0.05, 0) is 50.1 Å². The average Bonchev–Trinajstić information content (AvgIpc) is 2.45. The molecule has 1 aromatic carbocycles. The van der Waals surface area contributed by atoms with Crippen molar-refractivity contribution in [2.24, 2.45) is 0 Å². The van der Waals surface area contributed by atoms with Crippen molar-refractivity contribution in [1.82, 2.24) is 5.32 Å². The highest BCUT2D eigenvalue weighted by molar-refractivity contribution is 7.92. The van der Waals surface area contributed by atoms with E-state index in [4.69, 9.17) is 11.6 Å². The second-order valence-electron chi connectivity index (χ2n) is 5.29. The zero-order valence-corrected chi connectivity index (χ0v) is 14.7. The van der Waals surface area contributed by atoms with Crippen LogP contribution in [-0.2, 0) is 9.84 Å². The van der Waals surface area contributed by atoms with Crippen molar-refractivity contribution in [3.8, 4) is 0 Å². The van der Waals surface area contributed by atoms with Crippen molar-refractivity contribution in [3.05, 3.63) is 29.3 Å². The summed E-state index contributed by atoms with van der Waals surface area (Å²) in [6.07, 6.45) is 3.43. The van der Waals surface area contributed by atoms with Gasteiger partial charge in [0.1, 0.15) is 0 Å². The fourth-order valence-electron chi connectivity index (χ4n) is 2.58. The fraction of sp³-hybridized carbons (Fsp3) is 0.625. The first-order valence-corrected chi connectivity index (χ1v) is 9.62. The van der Waals surface area contributed by atoms with Crippen molar-refractivity contribution in [1.29, 1.82) is 0 Å². The Morgan fingerprint density at radius 1 is 1.10 bits per heavy atom. The number of sulfone groups is 1. The molecule has 2 unspecified atom stereocenters. The lowest BCUT2D eigenvalue weighted by Gasteiger charge is -2.27. The summed E-state index contributed by atoms with van der Waals surface area (Å²) in [4.78, 5) is 0.359. The van der Waals surface area contributed by atoms with Crippen LogP contribution in [-0.4, -0.2) is 26.3 Å². The van der Waals surface area contributed by atoms with E-state index in [0.717, 1.165) is 25.8 Å². The smallest absolute Gasteiger partial charge is 0.182 e. The van der Waals surface area contributed by atoms with Crippen LogP contribution < -0.4 is 5.32 Å². The van der Waals surface area contributed by atoms with Crippen molar-refractivity contribution >= 4 is 21.4 Å². The van der Waals surface area contributed by atoms with Gasteiger partial charge < -0.3 is 5.32 Å². The molecule has 21 heavy (non-hydrogen) atoms. The minimum absolute atomic E-state index is 0.000582. The second kappa shape index (κ2) is 8.76. The predicted octanol–water partition coefficient (Wildman–Crippen LogP) is 4.06. The van der Waals surface area contributed by atoms with Gasteiger partial charge in [-0.25, -0.2) is 8.42 Å². The lowest BCUT2D eigenvalue weighted by Crippen LogP contribution is -2.44. The molecule has 1 rings (SSSR count). The predicted molar refractivity (Wildman–Crippen MR) is 89.7 cm³/mol. The van der Waals surface area contributed by atoms with Crippen molar-refractivity contribution in [2.45, 2.75) is 62.6 Å². The molecule has 0 heterocycles. The number of benzene rings is 1. The monoisotopic (exact) mass is 331 g/mol. The van der Waals surface area contributed by atoms with Gasteiger partial charge in [0.15, 0.2) is 9.84 Å². The molecule has 0 aliphatic carbocycles. The van der Waals surface area contributed by atoms with Crippen LogP contribution in [0.5, 0.6) is 0 Å². The third-order valence-corrected chi connectivity index (χ3v) is 6.29. The number of hydrogen-bond acceptors (Lipinski definition) is 3. The molecule has 3 nitrogen and oxygen atoms in total. The quantitative estimate of drug-likeness (QED) is 0.742. The molecular weight excluding hydrogens is 306 g/mol. The third kappa shape index (κ3) is 4.97. The zero-order valence-electron chi connectivity index (χ0n) is 13.1. The fourth-order valence-corrected chi connectivity index (χ4v) is 4.67. The Morgan fingerprint density at radius 3 is 2.19 bits per heavy atom. The molecule has 0 saturated carbocycles. The van der Waals surface area contributed by atoms with E-state index in [1.54, 1.807) is 24.3 Å². The van der Waals surface area contributed by atoms with E-state index in [2.05, 4.69) is 19.2 Å². The van der Waals surface area contributed by atoms with Crippen molar-refractivity contribution in [2.75, 3.05) is 6.54 Å². The highest BCUT2D eigenvalue weighted by Gasteiger charge is 2.32. The summed E-state index contributed by atoms with van der Waals surface area (Å²) in [6.45, 7) is 6.96. The number of halogens is 1. The molecule has 0 radical (unpaired) electrons. The first-order chi connectivity index (χ1) is 9.97. The standard InChI is InChI=1S/C16H26ClNO2S/c1-4-7-15(18-12-5-2)16(6-3)21(19,20)14-10-8-13(17)9-11-14/h8-11,15-16,18H,4-7,12H2,1-3H3. The molecule has 0 amide bonds. The van der Waals surface area contributed by atoms with Crippen molar-refractivity contribution in [3.63, 3.8) is 0 Å². The minimum atomic E-state index is -3.34. The van der Waals surface area contributed by atoms with Crippen LogP contribution in [0.3, 0.4) is 0 Å². The Hall–Kier alpha value is -0.580. The molecule has 120 valence electrons. The summed E-state index contributed by atoms with van der Waals surface area (Å²) in [5.74, 6) is 0. The van der Waals surface area contributed by atoms with Crippen LogP contribution in [0.2, 0.25) is 5.02 Å². The van der Waals surface area contributed by atoms with Crippen LogP contribution in [0, 0.1) is 0 Å². The SMILES string of the molecule is CCCNC(CCC)C(CC)S(=O)(=O)c1ccc(Cl)cc1. The Kier molecular flexibility index (Phi) is 7.71. The van der Waals surface area contributed by atoms with Gasteiger partial charge in [0.25, 0.3) is 0 Å². The molecule has 5 heteroatoms. The molecule has 1 aromatic rings. The molecule has 0 aromatic heterocycles. The van der Waals surface area contributed by atoms with Gasteiger partial charge in [0.2, 0.25) is 0 Å². The molecule has 0 saturated heterocycles. The summed E-state index contributed by atoms with van der Waals surface area (Å²) in [5.41, 5.74) is 0. The van der Waals surface area contributed by atoms with Crippen LogP contribution in [0.15, 0.2) is 29.2 Å². The molecular formula is C16H26ClNO2S. The van der Waals surface area contributed by atoms with Crippen molar-refractivity contribution < 1.29 is 8.42 Å². The largest absolute Gasteiger partial charge is 0.313 e. The van der Waals surface area contributed by atoms with E-state index in [-0.39, 0.29) is 6.04 Å². The van der Waals surface area contributed by atoms with Gasteiger partial charge >= 0.3 is 0 Å². The average molecular weight is 332 g/mol. The Morgan fingerprint density at radius 2 is 1.71 bits per heavy atom. The van der Waals surface area contributed by atoms with Crippen LogP contribution in [0.4, 0.5) is 0 Å². The van der Waals surface area contributed by atoms with Gasteiger partial charge in [-0.3, -0.25) is 0 Å². The van der Waals surface area contributed by atoms with E-state index in [9.17, 15) is 8.42 Å². The van der Waals surface area contributed by atoms with Gasteiger partial charge in [-0.15, -0.1) is 0 Å². The number of rotatable bonds is 9. The Labute approximate surface area is 134 Å². The summed E-state index contributed by atoms with van der Waals surface area (Å²) in [6, 6.07) is 6.47. The normalized spacial score (nSPS) is 14.9. The summed E-state index contributed by atoms with van der Waals surface area (Å²) < 4.78 is 25.7. The Balaban J connectivity index is 3.06. The molecule has 0 fully saturated rings. The summed E-state index contributed by atoms with van der Waals surface area (Å²) >= 11 is 5.85. The Bertz CT molecular complexity index is 514. The lowest BCUT2D eigenvalue weighted by atomic mass is 10.1. The third-order valence-electron chi connectivity index (χ3n) is 3.65. The van der Waals surface area contributed by atoms with Gasteiger partial charge in [0, 0.05) is 11.1 Å². The maximum Gasteiger partial charge on any atom is 0.182 e. The summed E-state index contributed by atoms with van der Waals surface area (Å²) in [5, 5.41) is 3.56. The maximum atomic E-state index is 12.9. The van der Waals surface area contributed by atoms with Crippen LogP contribution >= 0.6 is 11.6 Å². The van der Waals surface area contributed by atoms with E-state index < -0.39 is 15.1 Å². The molecule has 2 atom stereocenters. The summed E-state index contributed by atoms with van der Waals surface area (Å²) in [7, 11) is -3.34. The number of nitrogens with one attached hydrogen (secondary N) is 1. The zero-order chi connectivity index (χ0) is 15.9. The van der Waals surface area contributed by atoms with Gasteiger partial charge in [-0.2, -0.15) is 0 Å². The highest BCUT2D eigenvalue weighted by Crippen LogP contribution is 2.24.